The second-order valence-electron chi connectivity index (χ2n) is 10.3. The molecule has 222 valence electrons. The van der Waals surface area contributed by atoms with Crippen molar-refractivity contribution in [1.29, 1.82) is 0 Å². The van der Waals surface area contributed by atoms with Crippen molar-refractivity contribution in [3.05, 3.63) is 35.4 Å². The lowest BCUT2D eigenvalue weighted by molar-refractivity contribution is -0.175. The van der Waals surface area contributed by atoms with E-state index in [4.69, 9.17) is 0 Å². The van der Waals surface area contributed by atoms with Crippen LogP contribution in [0.5, 0.6) is 0 Å². The highest BCUT2D eigenvalue weighted by Crippen LogP contribution is 2.24. The zero-order valence-corrected chi connectivity index (χ0v) is 23.5. The normalized spacial score (nSPS) is 17.4. The first-order valence-electron chi connectivity index (χ1n) is 12.5. The maximum Gasteiger partial charge on any atom is 0.452 e. The number of hydrogen-bond acceptors (Lipinski definition) is 7. The van der Waals surface area contributed by atoms with Gasteiger partial charge in [0.15, 0.2) is 0 Å². The fourth-order valence-corrected chi connectivity index (χ4v) is 4.64. The number of Topliss-reactive ketones (excluding diaryl/α,β-unsaturated/α-hetero) is 1. The highest BCUT2D eigenvalue weighted by molar-refractivity contribution is 7.89. The van der Waals surface area contributed by atoms with Gasteiger partial charge in [0.05, 0.1) is 12.3 Å². The SMILES string of the molecule is CC(C)C(NC(=O)[C@@H]1CCCN1C(=O)[C@@H](NC(=O)c1ccc(C(=O)NS(C)(=O)=O)cc1)C(C)C)C(=O)C(F)(F)F. The van der Waals surface area contributed by atoms with Crippen LogP contribution in [-0.2, 0) is 24.4 Å². The maximum absolute atomic E-state index is 13.4. The average Bonchev–Trinajstić information content (AvgIpc) is 3.33. The Hall–Kier alpha value is -3.49. The molecule has 4 amide bonds. The third kappa shape index (κ3) is 8.50. The van der Waals surface area contributed by atoms with Crippen molar-refractivity contribution in [1.82, 2.24) is 20.3 Å². The van der Waals surface area contributed by atoms with E-state index in [1.807, 2.05) is 0 Å². The first-order valence-corrected chi connectivity index (χ1v) is 14.4. The van der Waals surface area contributed by atoms with E-state index in [-0.39, 0.29) is 24.1 Å². The third-order valence-electron chi connectivity index (χ3n) is 6.27. The summed E-state index contributed by atoms with van der Waals surface area (Å²) < 4.78 is 63.4. The molecule has 1 unspecified atom stereocenters. The molecule has 0 aromatic heterocycles. The van der Waals surface area contributed by atoms with Crippen LogP contribution < -0.4 is 15.4 Å². The summed E-state index contributed by atoms with van der Waals surface area (Å²) in [7, 11) is -3.79. The van der Waals surface area contributed by atoms with Crippen LogP contribution in [0.15, 0.2) is 24.3 Å². The van der Waals surface area contributed by atoms with E-state index in [9.17, 15) is 45.6 Å². The van der Waals surface area contributed by atoms with E-state index >= 15 is 0 Å². The van der Waals surface area contributed by atoms with Crippen LogP contribution in [0.2, 0.25) is 0 Å². The fraction of sp³-hybridized carbons (Fsp3) is 0.560. The Morgan fingerprint density at radius 2 is 1.38 bits per heavy atom. The Labute approximate surface area is 230 Å². The van der Waals surface area contributed by atoms with Gasteiger partial charge in [-0.1, -0.05) is 27.7 Å². The number of likely N-dealkylation sites (tertiary alicyclic amines) is 1. The quantitative estimate of drug-likeness (QED) is 0.372. The minimum absolute atomic E-state index is 0.0203. The molecule has 2 rings (SSSR count). The topological polar surface area (TPSA) is 159 Å². The summed E-state index contributed by atoms with van der Waals surface area (Å²) in [6.07, 6.45) is -3.78. The van der Waals surface area contributed by atoms with Crippen LogP contribution in [-0.4, -0.2) is 79.8 Å². The van der Waals surface area contributed by atoms with Gasteiger partial charge < -0.3 is 15.5 Å². The van der Waals surface area contributed by atoms with Crippen LogP contribution in [0, 0.1) is 11.8 Å². The van der Waals surface area contributed by atoms with Crippen molar-refractivity contribution < 1.29 is 45.6 Å². The molecule has 1 saturated heterocycles. The van der Waals surface area contributed by atoms with Crippen LogP contribution in [0.3, 0.4) is 0 Å². The molecule has 40 heavy (non-hydrogen) atoms. The number of carbonyl (C=O) groups excluding carboxylic acids is 5. The molecule has 1 fully saturated rings. The zero-order chi connectivity index (χ0) is 30.6. The minimum Gasteiger partial charge on any atom is -0.344 e. The van der Waals surface area contributed by atoms with Gasteiger partial charge in [-0.2, -0.15) is 13.2 Å². The molecule has 15 heteroatoms. The first-order chi connectivity index (χ1) is 18.3. The summed E-state index contributed by atoms with van der Waals surface area (Å²) in [6.45, 7) is 6.16. The predicted molar refractivity (Wildman–Crippen MR) is 137 cm³/mol. The zero-order valence-electron chi connectivity index (χ0n) is 22.7. The molecule has 0 spiro atoms. The summed E-state index contributed by atoms with van der Waals surface area (Å²) in [4.78, 5) is 64.2. The Morgan fingerprint density at radius 1 is 0.875 bits per heavy atom. The molecule has 1 aliphatic heterocycles. The lowest BCUT2D eigenvalue weighted by Gasteiger charge is -2.32. The molecular weight excluding hydrogens is 557 g/mol. The molecule has 0 radical (unpaired) electrons. The summed E-state index contributed by atoms with van der Waals surface area (Å²) in [5, 5.41) is 4.74. The summed E-state index contributed by atoms with van der Waals surface area (Å²) >= 11 is 0. The van der Waals surface area contributed by atoms with Crippen LogP contribution >= 0.6 is 0 Å². The summed E-state index contributed by atoms with van der Waals surface area (Å²) in [5.74, 6) is -6.46. The number of benzene rings is 1. The average molecular weight is 591 g/mol. The fourth-order valence-electron chi connectivity index (χ4n) is 4.18. The number of halogens is 3. The number of hydrogen-bond donors (Lipinski definition) is 3. The van der Waals surface area contributed by atoms with E-state index in [0.29, 0.717) is 6.42 Å². The lowest BCUT2D eigenvalue weighted by atomic mass is 9.98. The van der Waals surface area contributed by atoms with Gasteiger partial charge >= 0.3 is 6.18 Å². The summed E-state index contributed by atoms with van der Waals surface area (Å²) in [5.41, 5.74) is 0.0450. The van der Waals surface area contributed by atoms with Crippen molar-refractivity contribution in [2.75, 3.05) is 12.8 Å². The van der Waals surface area contributed by atoms with Crippen molar-refractivity contribution in [3.63, 3.8) is 0 Å². The Kier molecular flexibility index (Phi) is 10.5. The van der Waals surface area contributed by atoms with Gasteiger partial charge in [-0.3, -0.25) is 24.0 Å². The van der Waals surface area contributed by atoms with Gasteiger partial charge in [0.25, 0.3) is 17.6 Å². The monoisotopic (exact) mass is 590 g/mol. The molecule has 0 bridgehead atoms. The third-order valence-corrected chi connectivity index (χ3v) is 6.83. The largest absolute Gasteiger partial charge is 0.452 e. The number of nitrogens with one attached hydrogen (secondary N) is 3. The lowest BCUT2D eigenvalue weighted by Crippen LogP contribution is -2.58. The Morgan fingerprint density at radius 3 is 1.82 bits per heavy atom. The second-order valence-corrected chi connectivity index (χ2v) is 12.0. The van der Waals surface area contributed by atoms with Gasteiger partial charge in [-0.15, -0.1) is 0 Å². The molecule has 0 aliphatic carbocycles. The van der Waals surface area contributed by atoms with E-state index in [2.05, 4.69) is 10.6 Å². The van der Waals surface area contributed by atoms with Crippen molar-refractivity contribution >= 4 is 39.4 Å². The van der Waals surface area contributed by atoms with E-state index in [0.717, 1.165) is 6.26 Å². The number of alkyl halides is 3. The molecule has 1 aliphatic rings. The van der Waals surface area contributed by atoms with E-state index in [1.54, 1.807) is 18.6 Å². The molecule has 11 nitrogen and oxygen atoms in total. The predicted octanol–water partition coefficient (Wildman–Crippen LogP) is 1.39. The maximum atomic E-state index is 13.4. The van der Waals surface area contributed by atoms with E-state index < -0.39 is 75.6 Å². The smallest absolute Gasteiger partial charge is 0.344 e. The molecular formula is C25H33F3N4O7S. The van der Waals surface area contributed by atoms with Crippen molar-refractivity contribution in [2.45, 2.75) is 64.8 Å². The van der Waals surface area contributed by atoms with Crippen molar-refractivity contribution in [2.24, 2.45) is 11.8 Å². The second kappa shape index (κ2) is 12.8. The Balaban J connectivity index is 2.17. The van der Waals surface area contributed by atoms with Gasteiger partial charge in [0, 0.05) is 17.7 Å². The summed E-state index contributed by atoms with van der Waals surface area (Å²) in [6, 6.07) is 0.959. The number of carbonyl (C=O) groups is 5. The number of rotatable bonds is 10. The molecule has 1 aromatic rings. The van der Waals surface area contributed by atoms with E-state index in [1.165, 1.54) is 43.0 Å². The van der Waals surface area contributed by atoms with Crippen molar-refractivity contribution in [3.8, 4) is 0 Å². The highest BCUT2D eigenvalue weighted by Gasteiger charge is 2.46. The highest BCUT2D eigenvalue weighted by atomic mass is 32.2. The molecule has 1 aromatic carbocycles. The Bertz CT molecular complexity index is 1250. The number of sulfonamides is 1. The molecule has 1 heterocycles. The molecule has 3 N–H and O–H groups in total. The van der Waals surface area contributed by atoms with Gasteiger partial charge in [-0.25, -0.2) is 13.1 Å². The molecule has 3 atom stereocenters. The van der Waals surface area contributed by atoms with Gasteiger partial charge in [0.2, 0.25) is 21.8 Å². The first kappa shape index (κ1) is 32.7. The van der Waals surface area contributed by atoms with Crippen LogP contribution in [0.25, 0.3) is 0 Å². The number of nitrogens with zero attached hydrogens (tertiary/aromatic N) is 1. The minimum atomic E-state index is -5.14. The van der Waals surface area contributed by atoms with Gasteiger partial charge in [-0.05, 0) is 48.9 Å². The number of ketones is 1. The number of amides is 4. The van der Waals surface area contributed by atoms with Crippen LogP contribution in [0.1, 0.15) is 61.3 Å². The van der Waals surface area contributed by atoms with Gasteiger partial charge in [0.1, 0.15) is 12.1 Å². The molecule has 0 saturated carbocycles. The standard InChI is InChI=1S/C25H33F3N4O7S/c1-13(2)18(20(33)25(26,27)28)29-23(36)17-7-6-12-32(17)24(37)19(14(3)4)30-21(34)15-8-10-16(11-9-15)22(35)31-40(5,38)39/h8-11,13-14,17-19H,6-7,12H2,1-5H3,(H,29,36)(H,30,34)(H,31,35)/t17-,18?,19-/m0/s1. The van der Waals surface area contributed by atoms with Crippen LogP contribution in [0.4, 0.5) is 13.2 Å².